The second-order valence-corrected chi connectivity index (χ2v) is 7.97. The van der Waals surface area contributed by atoms with Gasteiger partial charge in [0, 0.05) is 24.7 Å². The van der Waals surface area contributed by atoms with E-state index in [0.717, 1.165) is 18.4 Å². The predicted octanol–water partition coefficient (Wildman–Crippen LogP) is 4.30. The quantitative estimate of drug-likeness (QED) is 0.764. The van der Waals surface area contributed by atoms with Crippen molar-refractivity contribution in [2.45, 2.75) is 26.3 Å². The van der Waals surface area contributed by atoms with Crippen molar-refractivity contribution in [3.05, 3.63) is 59.1 Å². The number of halogens is 1. The van der Waals surface area contributed by atoms with E-state index in [4.69, 9.17) is 16.3 Å². The SMILES string of the molecule is COc1ccc(Cl)cc1NC(=O)N1CCC[C@@](C)(C(=O)NCc2ccccc2)C1. The monoisotopic (exact) mass is 415 g/mol. The van der Waals surface area contributed by atoms with E-state index in [2.05, 4.69) is 10.6 Å². The summed E-state index contributed by atoms with van der Waals surface area (Å²) in [7, 11) is 1.54. The Balaban J connectivity index is 1.63. The number of benzene rings is 2. The third kappa shape index (κ3) is 5.21. The smallest absolute Gasteiger partial charge is 0.321 e. The number of carbonyl (C=O) groups is 2. The summed E-state index contributed by atoms with van der Waals surface area (Å²) >= 11 is 6.04. The van der Waals surface area contributed by atoms with E-state index in [9.17, 15) is 9.59 Å². The van der Waals surface area contributed by atoms with Gasteiger partial charge in [0.1, 0.15) is 5.75 Å². The molecule has 1 aliphatic rings. The molecule has 1 heterocycles. The average Bonchev–Trinajstić information content (AvgIpc) is 2.73. The van der Waals surface area contributed by atoms with Gasteiger partial charge in [0.15, 0.2) is 0 Å². The van der Waals surface area contributed by atoms with Crippen LogP contribution < -0.4 is 15.4 Å². The number of carbonyl (C=O) groups excluding carboxylic acids is 2. The van der Waals surface area contributed by atoms with Crippen LogP contribution in [0.4, 0.5) is 10.5 Å². The zero-order chi connectivity index (χ0) is 20.9. The van der Waals surface area contributed by atoms with E-state index >= 15 is 0 Å². The van der Waals surface area contributed by atoms with Gasteiger partial charge < -0.3 is 20.3 Å². The van der Waals surface area contributed by atoms with Crippen molar-refractivity contribution in [2.75, 3.05) is 25.5 Å². The molecule has 29 heavy (non-hydrogen) atoms. The molecule has 7 heteroatoms. The lowest BCUT2D eigenvalue weighted by molar-refractivity contribution is -0.132. The lowest BCUT2D eigenvalue weighted by Crippen LogP contribution is -2.52. The van der Waals surface area contributed by atoms with Crippen LogP contribution in [0.5, 0.6) is 5.75 Å². The summed E-state index contributed by atoms with van der Waals surface area (Å²) in [4.78, 5) is 27.4. The second kappa shape index (κ2) is 9.18. The third-order valence-corrected chi connectivity index (χ3v) is 5.47. The van der Waals surface area contributed by atoms with E-state index in [1.165, 1.54) is 7.11 Å². The molecule has 2 N–H and O–H groups in total. The number of piperidine rings is 1. The molecule has 1 saturated heterocycles. The molecule has 0 radical (unpaired) electrons. The fourth-order valence-corrected chi connectivity index (χ4v) is 3.73. The van der Waals surface area contributed by atoms with E-state index in [1.807, 2.05) is 37.3 Å². The molecule has 2 aromatic carbocycles. The summed E-state index contributed by atoms with van der Waals surface area (Å²) in [6, 6.07) is 14.6. The molecule has 154 valence electrons. The number of urea groups is 1. The number of nitrogens with one attached hydrogen (secondary N) is 2. The van der Waals surface area contributed by atoms with Gasteiger partial charge in [-0.25, -0.2) is 4.79 Å². The fourth-order valence-electron chi connectivity index (χ4n) is 3.56. The highest BCUT2D eigenvalue weighted by molar-refractivity contribution is 6.31. The largest absolute Gasteiger partial charge is 0.495 e. The molecule has 1 atom stereocenters. The minimum absolute atomic E-state index is 0.0424. The highest BCUT2D eigenvalue weighted by atomic mass is 35.5. The molecule has 0 spiro atoms. The van der Waals surface area contributed by atoms with Gasteiger partial charge in [-0.1, -0.05) is 41.9 Å². The molecule has 0 aliphatic carbocycles. The Morgan fingerprint density at radius 2 is 1.97 bits per heavy atom. The molecular weight excluding hydrogens is 390 g/mol. The maximum atomic E-state index is 12.9. The molecule has 3 amide bonds. The minimum Gasteiger partial charge on any atom is -0.495 e. The Kier molecular flexibility index (Phi) is 6.64. The maximum Gasteiger partial charge on any atom is 0.321 e. The van der Waals surface area contributed by atoms with Gasteiger partial charge in [-0.2, -0.15) is 0 Å². The lowest BCUT2D eigenvalue weighted by atomic mass is 9.81. The zero-order valence-corrected chi connectivity index (χ0v) is 17.5. The number of likely N-dealkylation sites (tertiary alicyclic amines) is 1. The van der Waals surface area contributed by atoms with E-state index < -0.39 is 5.41 Å². The highest BCUT2D eigenvalue weighted by Gasteiger charge is 2.39. The van der Waals surface area contributed by atoms with E-state index in [-0.39, 0.29) is 11.9 Å². The number of hydrogen-bond acceptors (Lipinski definition) is 3. The van der Waals surface area contributed by atoms with Crippen LogP contribution in [0.25, 0.3) is 0 Å². The van der Waals surface area contributed by atoms with Gasteiger partial charge in [-0.15, -0.1) is 0 Å². The van der Waals surface area contributed by atoms with E-state index in [0.29, 0.717) is 36.1 Å². The van der Waals surface area contributed by atoms with Crippen LogP contribution in [0.2, 0.25) is 5.02 Å². The molecule has 1 aliphatic heterocycles. The van der Waals surface area contributed by atoms with Gasteiger partial charge in [0.2, 0.25) is 5.91 Å². The van der Waals surface area contributed by atoms with Crippen LogP contribution in [0, 0.1) is 5.41 Å². The number of amides is 3. The summed E-state index contributed by atoms with van der Waals surface area (Å²) in [6.45, 7) is 3.33. The summed E-state index contributed by atoms with van der Waals surface area (Å²) < 4.78 is 5.29. The molecule has 0 unspecified atom stereocenters. The first-order valence-corrected chi connectivity index (χ1v) is 10.0. The standard InChI is InChI=1S/C22H26ClN3O3/c1-22(20(27)24-14-16-7-4-3-5-8-16)11-6-12-26(15-22)21(28)25-18-13-17(23)9-10-19(18)29-2/h3-5,7-10,13H,6,11-12,14-15H2,1-2H3,(H,24,27)(H,25,28)/t22-/m1/s1. The molecule has 2 aromatic rings. The first-order valence-electron chi connectivity index (χ1n) is 9.63. The number of anilines is 1. The number of nitrogens with zero attached hydrogens (tertiary/aromatic N) is 1. The van der Waals surface area contributed by atoms with Crippen LogP contribution in [0.1, 0.15) is 25.3 Å². The number of methoxy groups -OCH3 is 1. The highest BCUT2D eigenvalue weighted by Crippen LogP contribution is 2.32. The summed E-state index contributed by atoms with van der Waals surface area (Å²) in [5.41, 5.74) is 0.914. The normalized spacial score (nSPS) is 18.8. The molecule has 6 nitrogen and oxygen atoms in total. The van der Waals surface area contributed by atoms with Crippen molar-refractivity contribution >= 4 is 29.2 Å². The van der Waals surface area contributed by atoms with Gasteiger partial charge in [-0.3, -0.25) is 4.79 Å². The topological polar surface area (TPSA) is 70.7 Å². The maximum absolute atomic E-state index is 12.9. The number of ether oxygens (including phenoxy) is 1. The Hall–Kier alpha value is -2.73. The number of rotatable bonds is 5. The first-order chi connectivity index (χ1) is 13.9. The lowest BCUT2D eigenvalue weighted by Gasteiger charge is -2.39. The Bertz CT molecular complexity index is 875. The van der Waals surface area contributed by atoms with Crippen molar-refractivity contribution in [2.24, 2.45) is 5.41 Å². The Morgan fingerprint density at radius 1 is 1.21 bits per heavy atom. The van der Waals surface area contributed by atoms with Crippen molar-refractivity contribution in [3.8, 4) is 5.75 Å². The van der Waals surface area contributed by atoms with Gasteiger partial charge >= 0.3 is 6.03 Å². The third-order valence-electron chi connectivity index (χ3n) is 5.23. The summed E-state index contributed by atoms with van der Waals surface area (Å²) in [6.07, 6.45) is 1.49. The Labute approximate surface area is 176 Å². The molecular formula is C22H26ClN3O3. The minimum atomic E-state index is -0.636. The second-order valence-electron chi connectivity index (χ2n) is 7.53. The van der Waals surface area contributed by atoms with E-state index in [1.54, 1.807) is 23.1 Å². The van der Waals surface area contributed by atoms with Gasteiger partial charge in [-0.05, 0) is 43.5 Å². The van der Waals surface area contributed by atoms with Gasteiger partial charge in [0.05, 0.1) is 18.2 Å². The van der Waals surface area contributed by atoms with Crippen LogP contribution >= 0.6 is 11.6 Å². The van der Waals surface area contributed by atoms with Crippen molar-refractivity contribution < 1.29 is 14.3 Å². The van der Waals surface area contributed by atoms with Crippen molar-refractivity contribution in [1.82, 2.24) is 10.2 Å². The zero-order valence-electron chi connectivity index (χ0n) is 16.7. The molecule has 0 saturated carbocycles. The predicted molar refractivity (Wildman–Crippen MR) is 114 cm³/mol. The van der Waals surface area contributed by atoms with Crippen LogP contribution in [0.15, 0.2) is 48.5 Å². The van der Waals surface area contributed by atoms with Crippen LogP contribution in [-0.4, -0.2) is 37.0 Å². The first kappa shape index (κ1) is 21.0. The van der Waals surface area contributed by atoms with Crippen molar-refractivity contribution in [1.29, 1.82) is 0 Å². The van der Waals surface area contributed by atoms with Crippen LogP contribution in [-0.2, 0) is 11.3 Å². The number of hydrogen-bond donors (Lipinski definition) is 2. The molecule has 1 fully saturated rings. The molecule has 0 aromatic heterocycles. The van der Waals surface area contributed by atoms with Crippen molar-refractivity contribution in [3.63, 3.8) is 0 Å². The summed E-state index contributed by atoms with van der Waals surface area (Å²) in [5.74, 6) is 0.488. The fraction of sp³-hybridized carbons (Fsp3) is 0.364. The molecule has 3 rings (SSSR count). The Morgan fingerprint density at radius 3 is 2.69 bits per heavy atom. The summed E-state index contributed by atoms with van der Waals surface area (Å²) in [5, 5.41) is 6.37. The van der Waals surface area contributed by atoms with Gasteiger partial charge in [0.25, 0.3) is 0 Å². The van der Waals surface area contributed by atoms with Crippen LogP contribution in [0.3, 0.4) is 0 Å². The average molecular weight is 416 g/mol. The molecule has 0 bridgehead atoms.